The summed E-state index contributed by atoms with van der Waals surface area (Å²) in [6, 6.07) is 0. The van der Waals surface area contributed by atoms with Crippen molar-refractivity contribution in [1.29, 1.82) is 0 Å². The molecule has 3 heteroatoms. The Balaban J connectivity index is 2.62. The minimum atomic E-state index is -0.0631. The van der Waals surface area contributed by atoms with Crippen LogP contribution in [-0.4, -0.2) is 21.2 Å². The van der Waals surface area contributed by atoms with Crippen LogP contribution >= 0.6 is 12.6 Å². The van der Waals surface area contributed by atoms with Crippen LogP contribution < -0.4 is 0 Å². The molecular weight excluding hydrogens is 134 g/mol. The summed E-state index contributed by atoms with van der Waals surface area (Å²) in [6.45, 7) is 4.03. The average molecular weight is 147 g/mol. The van der Waals surface area contributed by atoms with Crippen LogP contribution in [0.15, 0.2) is 0 Å². The van der Waals surface area contributed by atoms with Gasteiger partial charge in [-0.05, 0) is 26.7 Å². The van der Waals surface area contributed by atoms with Crippen molar-refractivity contribution in [1.82, 2.24) is 5.06 Å². The van der Waals surface area contributed by atoms with Crippen molar-refractivity contribution in [3.63, 3.8) is 0 Å². The highest BCUT2D eigenvalue weighted by molar-refractivity contribution is 7.80. The first-order chi connectivity index (χ1) is 4.04. The summed E-state index contributed by atoms with van der Waals surface area (Å²) in [7, 11) is 0. The Labute approximate surface area is 61.2 Å². The van der Waals surface area contributed by atoms with Gasteiger partial charge in [0.25, 0.3) is 0 Å². The standard InChI is InChI=1S/C6H13NOS/c1-6(2)4-3-5(9)7(6)8/h5,8-9H,3-4H2,1-2H3. The smallest absolute Gasteiger partial charge is 0.0780 e. The van der Waals surface area contributed by atoms with Gasteiger partial charge in [-0.3, -0.25) is 0 Å². The monoisotopic (exact) mass is 147 g/mol. The second-order valence-corrected chi connectivity index (χ2v) is 3.77. The zero-order valence-electron chi connectivity index (χ0n) is 5.83. The summed E-state index contributed by atoms with van der Waals surface area (Å²) >= 11 is 4.18. The van der Waals surface area contributed by atoms with E-state index in [0.29, 0.717) is 0 Å². The second kappa shape index (κ2) is 2.15. The molecule has 1 rings (SSSR count). The largest absolute Gasteiger partial charge is 0.312 e. The van der Waals surface area contributed by atoms with E-state index in [9.17, 15) is 5.21 Å². The molecule has 0 amide bonds. The lowest BCUT2D eigenvalue weighted by Crippen LogP contribution is -2.37. The fourth-order valence-electron chi connectivity index (χ4n) is 1.12. The van der Waals surface area contributed by atoms with Crippen LogP contribution in [0.25, 0.3) is 0 Å². The molecule has 1 unspecified atom stereocenters. The van der Waals surface area contributed by atoms with Crippen LogP contribution in [0.4, 0.5) is 0 Å². The maximum absolute atomic E-state index is 9.28. The Morgan fingerprint density at radius 3 is 2.33 bits per heavy atom. The molecule has 1 heterocycles. The second-order valence-electron chi connectivity index (χ2n) is 3.18. The van der Waals surface area contributed by atoms with Crippen LogP contribution in [0.2, 0.25) is 0 Å². The predicted octanol–water partition coefficient (Wildman–Crippen LogP) is 1.51. The van der Waals surface area contributed by atoms with Crippen molar-refractivity contribution in [2.24, 2.45) is 0 Å². The molecule has 0 radical (unpaired) electrons. The van der Waals surface area contributed by atoms with E-state index in [0.717, 1.165) is 12.8 Å². The van der Waals surface area contributed by atoms with E-state index in [1.807, 2.05) is 13.8 Å². The Morgan fingerprint density at radius 2 is 2.22 bits per heavy atom. The Kier molecular flexibility index (Phi) is 1.76. The first kappa shape index (κ1) is 7.38. The van der Waals surface area contributed by atoms with Gasteiger partial charge >= 0.3 is 0 Å². The molecule has 1 saturated heterocycles. The fraction of sp³-hybridized carbons (Fsp3) is 1.00. The van der Waals surface area contributed by atoms with E-state index in [2.05, 4.69) is 12.6 Å². The zero-order chi connectivity index (χ0) is 7.07. The molecule has 1 aliphatic heterocycles. The molecule has 0 spiro atoms. The van der Waals surface area contributed by atoms with Crippen LogP contribution in [0, 0.1) is 0 Å². The first-order valence-electron chi connectivity index (χ1n) is 3.20. The Morgan fingerprint density at radius 1 is 1.67 bits per heavy atom. The third-order valence-corrected chi connectivity index (χ3v) is 2.39. The summed E-state index contributed by atoms with van der Waals surface area (Å²) in [5.41, 5.74) is -0.0631. The molecular formula is C6H13NOS. The molecule has 2 nitrogen and oxygen atoms in total. The zero-order valence-corrected chi connectivity index (χ0v) is 6.73. The van der Waals surface area contributed by atoms with Gasteiger partial charge in [-0.25, -0.2) is 0 Å². The van der Waals surface area contributed by atoms with Gasteiger partial charge in [0.05, 0.1) is 5.37 Å². The normalized spacial score (nSPS) is 35.3. The van der Waals surface area contributed by atoms with Crippen molar-refractivity contribution in [3.05, 3.63) is 0 Å². The predicted molar refractivity (Wildman–Crippen MR) is 39.7 cm³/mol. The Hall–Kier alpha value is 0.270. The molecule has 0 aliphatic carbocycles. The number of rotatable bonds is 0. The molecule has 9 heavy (non-hydrogen) atoms. The average Bonchev–Trinajstić information content (AvgIpc) is 1.97. The molecule has 0 aromatic carbocycles. The SMILES string of the molecule is CC1(C)CCC(S)N1O. The fourth-order valence-corrected chi connectivity index (χ4v) is 1.56. The number of nitrogens with zero attached hydrogens (tertiary/aromatic N) is 1. The van der Waals surface area contributed by atoms with Gasteiger partial charge in [0.1, 0.15) is 0 Å². The van der Waals surface area contributed by atoms with E-state index in [1.54, 1.807) is 0 Å². The van der Waals surface area contributed by atoms with Crippen LogP contribution in [0.3, 0.4) is 0 Å². The van der Waals surface area contributed by atoms with E-state index in [-0.39, 0.29) is 10.9 Å². The molecule has 0 saturated carbocycles. The third kappa shape index (κ3) is 1.23. The quantitative estimate of drug-likeness (QED) is 0.507. The lowest BCUT2D eigenvalue weighted by Gasteiger charge is -2.27. The van der Waals surface area contributed by atoms with E-state index in [1.165, 1.54) is 5.06 Å². The summed E-state index contributed by atoms with van der Waals surface area (Å²) in [5, 5.41) is 10.7. The highest BCUT2D eigenvalue weighted by Crippen LogP contribution is 2.32. The number of thiol groups is 1. The lowest BCUT2D eigenvalue weighted by molar-refractivity contribution is -0.143. The third-order valence-electron chi connectivity index (χ3n) is 1.92. The maximum Gasteiger partial charge on any atom is 0.0780 e. The van der Waals surface area contributed by atoms with Crippen LogP contribution in [-0.2, 0) is 0 Å². The summed E-state index contributed by atoms with van der Waals surface area (Å²) in [5.74, 6) is 0. The summed E-state index contributed by atoms with van der Waals surface area (Å²) < 4.78 is 0. The first-order valence-corrected chi connectivity index (χ1v) is 3.72. The van der Waals surface area contributed by atoms with Gasteiger partial charge in [0, 0.05) is 5.54 Å². The number of hydrogen-bond acceptors (Lipinski definition) is 3. The molecule has 54 valence electrons. The molecule has 1 N–H and O–H groups in total. The van der Waals surface area contributed by atoms with Crippen LogP contribution in [0.1, 0.15) is 26.7 Å². The topological polar surface area (TPSA) is 23.5 Å². The minimum absolute atomic E-state index is 0.0417. The molecule has 0 aromatic rings. The molecule has 1 atom stereocenters. The van der Waals surface area contributed by atoms with Crippen molar-refractivity contribution < 1.29 is 5.21 Å². The van der Waals surface area contributed by atoms with Gasteiger partial charge in [0.15, 0.2) is 0 Å². The number of hydrogen-bond donors (Lipinski definition) is 2. The highest BCUT2D eigenvalue weighted by atomic mass is 32.1. The van der Waals surface area contributed by atoms with Gasteiger partial charge < -0.3 is 5.21 Å². The van der Waals surface area contributed by atoms with Gasteiger partial charge in [-0.15, -0.1) is 0 Å². The molecule has 0 aromatic heterocycles. The molecule has 1 aliphatic rings. The van der Waals surface area contributed by atoms with E-state index in [4.69, 9.17) is 0 Å². The van der Waals surface area contributed by atoms with Crippen molar-refractivity contribution in [2.45, 2.75) is 37.6 Å². The van der Waals surface area contributed by atoms with E-state index < -0.39 is 0 Å². The van der Waals surface area contributed by atoms with Gasteiger partial charge in [0.2, 0.25) is 0 Å². The van der Waals surface area contributed by atoms with Gasteiger partial charge in [-0.1, -0.05) is 0 Å². The van der Waals surface area contributed by atoms with Crippen molar-refractivity contribution in [3.8, 4) is 0 Å². The summed E-state index contributed by atoms with van der Waals surface area (Å²) in [4.78, 5) is 0. The lowest BCUT2D eigenvalue weighted by atomic mass is 10.0. The minimum Gasteiger partial charge on any atom is -0.312 e. The highest BCUT2D eigenvalue weighted by Gasteiger charge is 2.36. The molecule has 0 bridgehead atoms. The van der Waals surface area contributed by atoms with Gasteiger partial charge in [-0.2, -0.15) is 17.7 Å². The number of hydroxylamine groups is 2. The van der Waals surface area contributed by atoms with Crippen molar-refractivity contribution in [2.75, 3.05) is 0 Å². The Bertz CT molecular complexity index is 116. The van der Waals surface area contributed by atoms with Crippen molar-refractivity contribution >= 4 is 12.6 Å². The van der Waals surface area contributed by atoms with E-state index >= 15 is 0 Å². The van der Waals surface area contributed by atoms with Crippen LogP contribution in [0.5, 0.6) is 0 Å². The summed E-state index contributed by atoms with van der Waals surface area (Å²) in [6.07, 6.45) is 2.00. The molecule has 1 fully saturated rings. The maximum atomic E-state index is 9.28.